The van der Waals surface area contributed by atoms with Crippen molar-refractivity contribution in [2.45, 2.75) is 26.2 Å². The number of rotatable bonds is 4. The smallest absolute Gasteiger partial charge is 0.176 e. The van der Waals surface area contributed by atoms with Crippen LogP contribution >= 0.6 is 0 Å². The molecule has 0 bridgehead atoms. The minimum atomic E-state index is -0.220. The number of nitriles is 2. The van der Waals surface area contributed by atoms with Crippen LogP contribution in [0.4, 0.5) is 0 Å². The van der Waals surface area contributed by atoms with Gasteiger partial charge in [-0.15, -0.1) is 0 Å². The van der Waals surface area contributed by atoms with Crippen LogP contribution in [0.3, 0.4) is 0 Å². The number of methoxy groups -OCH3 is 1. The highest BCUT2D eigenvalue weighted by molar-refractivity contribution is 5.62. The van der Waals surface area contributed by atoms with Crippen molar-refractivity contribution in [1.29, 1.82) is 10.5 Å². The molecule has 23 heavy (non-hydrogen) atoms. The Morgan fingerprint density at radius 3 is 2.26 bits per heavy atom. The van der Waals surface area contributed by atoms with Gasteiger partial charge in [-0.1, -0.05) is 38.1 Å². The third-order valence-electron chi connectivity index (χ3n) is 3.85. The van der Waals surface area contributed by atoms with Crippen LogP contribution < -0.4 is 4.74 Å². The fourth-order valence-corrected chi connectivity index (χ4v) is 2.47. The van der Waals surface area contributed by atoms with Crippen LogP contribution in [0.25, 0.3) is 0 Å². The summed E-state index contributed by atoms with van der Waals surface area (Å²) in [6, 6.07) is 13.6. The van der Waals surface area contributed by atoms with Crippen LogP contribution in [0.15, 0.2) is 30.3 Å². The van der Waals surface area contributed by atoms with E-state index >= 15 is 0 Å². The van der Waals surface area contributed by atoms with Crippen molar-refractivity contribution in [2.75, 3.05) is 7.11 Å². The van der Waals surface area contributed by atoms with Crippen molar-refractivity contribution in [3.8, 4) is 23.6 Å². The van der Waals surface area contributed by atoms with E-state index in [1.165, 1.54) is 18.7 Å². The maximum absolute atomic E-state index is 10.1. The van der Waals surface area contributed by atoms with Crippen molar-refractivity contribution >= 4 is 0 Å². The molecule has 116 valence electrons. The molecule has 0 aliphatic carbocycles. The van der Waals surface area contributed by atoms with Crippen molar-refractivity contribution in [2.24, 2.45) is 0 Å². The molecule has 0 spiro atoms. The van der Waals surface area contributed by atoms with E-state index in [2.05, 4.69) is 19.9 Å². The summed E-state index contributed by atoms with van der Waals surface area (Å²) in [4.78, 5) is 0. The summed E-state index contributed by atoms with van der Waals surface area (Å²) < 4.78 is 5.03. The third kappa shape index (κ3) is 3.27. The van der Waals surface area contributed by atoms with Gasteiger partial charge in [-0.2, -0.15) is 10.5 Å². The van der Waals surface area contributed by atoms with E-state index in [0.29, 0.717) is 23.5 Å². The zero-order valence-electron chi connectivity index (χ0n) is 13.4. The van der Waals surface area contributed by atoms with Gasteiger partial charge in [0.1, 0.15) is 11.6 Å². The minimum Gasteiger partial charge on any atom is -0.503 e. The Kier molecular flexibility index (Phi) is 4.88. The number of hydrogen-bond acceptors (Lipinski definition) is 4. The Balaban J connectivity index is 2.49. The molecule has 2 aromatic carbocycles. The monoisotopic (exact) mass is 306 g/mol. The molecule has 0 saturated heterocycles. The number of phenols is 1. The van der Waals surface area contributed by atoms with Gasteiger partial charge >= 0.3 is 0 Å². The van der Waals surface area contributed by atoms with E-state index in [4.69, 9.17) is 4.74 Å². The van der Waals surface area contributed by atoms with Crippen molar-refractivity contribution in [3.05, 3.63) is 58.1 Å². The Hall–Kier alpha value is -2.98. The standard InChI is InChI=1S/C19H18N2O2/c1-12(2)14-6-4-13(5-7-14)8-16-15(10-20)9-18(23-3)19(22)17(16)11-21/h4-7,9,12,22H,8H2,1-3H3. The second-order valence-corrected chi connectivity index (χ2v) is 5.63. The highest BCUT2D eigenvalue weighted by atomic mass is 16.5. The lowest BCUT2D eigenvalue weighted by Crippen LogP contribution is -2.00. The van der Waals surface area contributed by atoms with Crippen LogP contribution in [-0.2, 0) is 6.42 Å². The number of benzene rings is 2. The van der Waals surface area contributed by atoms with Crippen molar-refractivity contribution in [1.82, 2.24) is 0 Å². The molecule has 0 heterocycles. The molecule has 0 unspecified atom stereocenters. The highest BCUT2D eigenvalue weighted by Crippen LogP contribution is 2.35. The predicted molar refractivity (Wildman–Crippen MR) is 87.4 cm³/mol. The summed E-state index contributed by atoms with van der Waals surface area (Å²) in [5, 5.41) is 28.8. The summed E-state index contributed by atoms with van der Waals surface area (Å²) in [7, 11) is 1.39. The Labute approximate surface area is 136 Å². The van der Waals surface area contributed by atoms with Crippen LogP contribution in [0.2, 0.25) is 0 Å². The fraction of sp³-hybridized carbons (Fsp3) is 0.263. The molecule has 2 rings (SSSR count). The summed E-state index contributed by atoms with van der Waals surface area (Å²) in [5.74, 6) is 0.359. The lowest BCUT2D eigenvalue weighted by Gasteiger charge is -2.12. The Morgan fingerprint density at radius 1 is 1.13 bits per heavy atom. The van der Waals surface area contributed by atoms with Crippen molar-refractivity contribution in [3.63, 3.8) is 0 Å². The lowest BCUT2D eigenvalue weighted by molar-refractivity contribution is 0.372. The average molecular weight is 306 g/mol. The first-order valence-corrected chi connectivity index (χ1v) is 7.33. The SMILES string of the molecule is COc1cc(C#N)c(Cc2ccc(C(C)C)cc2)c(C#N)c1O. The molecule has 0 radical (unpaired) electrons. The molecule has 0 fully saturated rings. The quantitative estimate of drug-likeness (QED) is 0.930. The van der Waals surface area contributed by atoms with Gasteiger partial charge in [0.15, 0.2) is 11.5 Å². The van der Waals surface area contributed by atoms with Gasteiger partial charge in [0.25, 0.3) is 0 Å². The second kappa shape index (κ2) is 6.85. The lowest BCUT2D eigenvalue weighted by atomic mass is 9.93. The molecule has 0 saturated carbocycles. The Bertz CT molecular complexity index is 794. The summed E-state index contributed by atoms with van der Waals surface area (Å²) in [6.45, 7) is 4.25. The van der Waals surface area contributed by atoms with E-state index in [1.54, 1.807) is 0 Å². The zero-order chi connectivity index (χ0) is 17.0. The molecule has 1 N–H and O–H groups in total. The first-order valence-electron chi connectivity index (χ1n) is 7.33. The maximum Gasteiger partial charge on any atom is 0.176 e. The van der Waals surface area contributed by atoms with E-state index in [0.717, 1.165) is 5.56 Å². The molecule has 2 aromatic rings. The molecule has 0 atom stereocenters. The van der Waals surface area contributed by atoms with Crippen LogP contribution in [-0.4, -0.2) is 12.2 Å². The average Bonchev–Trinajstić information content (AvgIpc) is 2.56. The highest BCUT2D eigenvalue weighted by Gasteiger charge is 2.18. The topological polar surface area (TPSA) is 77.0 Å². The predicted octanol–water partition coefficient (Wildman–Crippen LogP) is 3.86. The number of hydrogen-bond donors (Lipinski definition) is 1. The number of ether oxygens (including phenoxy) is 1. The van der Waals surface area contributed by atoms with E-state index in [-0.39, 0.29) is 17.1 Å². The molecule has 0 aromatic heterocycles. The largest absolute Gasteiger partial charge is 0.503 e. The number of phenolic OH excluding ortho intramolecular Hbond substituents is 1. The maximum atomic E-state index is 10.1. The van der Waals surface area contributed by atoms with Gasteiger partial charge in [-0.25, -0.2) is 0 Å². The number of aromatic hydroxyl groups is 1. The minimum absolute atomic E-state index is 0.0915. The van der Waals surface area contributed by atoms with Crippen LogP contribution in [0.5, 0.6) is 11.5 Å². The molecule has 4 nitrogen and oxygen atoms in total. The zero-order valence-corrected chi connectivity index (χ0v) is 13.4. The van der Waals surface area contributed by atoms with Gasteiger partial charge in [-0.3, -0.25) is 0 Å². The van der Waals surface area contributed by atoms with Gasteiger partial charge in [0, 0.05) is 12.5 Å². The number of nitrogens with zero attached hydrogens (tertiary/aromatic N) is 2. The normalized spacial score (nSPS) is 10.2. The third-order valence-corrected chi connectivity index (χ3v) is 3.85. The molecular weight excluding hydrogens is 288 g/mol. The van der Waals surface area contributed by atoms with E-state index in [1.807, 2.05) is 30.3 Å². The molecular formula is C19H18N2O2. The van der Waals surface area contributed by atoms with Gasteiger partial charge in [0.05, 0.1) is 18.7 Å². The summed E-state index contributed by atoms with van der Waals surface area (Å²) >= 11 is 0. The summed E-state index contributed by atoms with van der Waals surface area (Å²) in [5.41, 5.74) is 3.16. The molecule has 4 heteroatoms. The first kappa shape index (κ1) is 16.4. The van der Waals surface area contributed by atoms with Gasteiger partial charge in [-0.05, 0) is 22.6 Å². The van der Waals surface area contributed by atoms with Crippen molar-refractivity contribution < 1.29 is 9.84 Å². The van der Waals surface area contributed by atoms with Crippen LogP contribution in [0.1, 0.15) is 47.6 Å². The second-order valence-electron chi connectivity index (χ2n) is 5.63. The summed E-state index contributed by atoms with van der Waals surface area (Å²) in [6.07, 6.45) is 0.404. The first-order chi connectivity index (χ1) is 11.0. The fourth-order valence-electron chi connectivity index (χ4n) is 2.47. The molecule has 0 aliphatic heterocycles. The molecule has 0 amide bonds. The van der Waals surface area contributed by atoms with E-state index < -0.39 is 0 Å². The van der Waals surface area contributed by atoms with Gasteiger partial charge < -0.3 is 9.84 Å². The van der Waals surface area contributed by atoms with Crippen LogP contribution in [0, 0.1) is 22.7 Å². The molecule has 0 aliphatic rings. The van der Waals surface area contributed by atoms with E-state index in [9.17, 15) is 15.6 Å². The van der Waals surface area contributed by atoms with Gasteiger partial charge in [0.2, 0.25) is 0 Å². The Morgan fingerprint density at radius 2 is 1.78 bits per heavy atom.